The fourth-order valence-electron chi connectivity index (χ4n) is 1.84. The molecule has 110 valence electrons. The second-order valence-electron chi connectivity index (χ2n) is 5.04. The molecule has 0 fully saturated rings. The molecule has 7 nitrogen and oxygen atoms in total. The number of nitro benzene ring substituents is 2. The lowest BCUT2D eigenvalue weighted by Gasteiger charge is -2.07. The molecule has 0 bridgehead atoms. The van der Waals surface area contributed by atoms with E-state index in [1.165, 1.54) is 12.1 Å². The van der Waals surface area contributed by atoms with Gasteiger partial charge < -0.3 is 5.32 Å². The molecule has 0 radical (unpaired) electrons. The molecule has 0 aliphatic carbocycles. The summed E-state index contributed by atoms with van der Waals surface area (Å²) in [6.07, 6.45) is 2.09. The Balaban J connectivity index is 2.65. The van der Waals surface area contributed by atoms with E-state index in [9.17, 15) is 20.2 Å². The van der Waals surface area contributed by atoms with Gasteiger partial charge in [0.15, 0.2) is 0 Å². The molecule has 1 aromatic rings. The molecule has 0 amide bonds. The van der Waals surface area contributed by atoms with Gasteiger partial charge in [-0.1, -0.05) is 13.8 Å². The molecular formula is C13H19N3O4. The summed E-state index contributed by atoms with van der Waals surface area (Å²) in [4.78, 5) is 20.3. The number of hydrogen-bond acceptors (Lipinski definition) is 5. The van der Waals surface area contributed by atoms with Gasteiger partial charge in [-0.3, -0.25) is 20.2 Å². The van der Waals surface area contributed by atoms with E-state index in [1.807, 2.05) is 0 Å². The van der Waals surface area contributed by atoms with Crippen LogP contribution < -0.4 is 5.32 Å². The number of nitrogens with one attached hydrogen (secondary N) is 1. The minimum Gasteiger partial charge on any atom is -0.312 e. The third kappa shape index (κ3) is 4.93. The van der Waals surface area contributed by atoms with Crippen molar-refractivity contribution in [2.45, 2.75) is 33.2 Å². The predicted octanol–water partition coefficient (Wildman–Crippen LogP) is 3.03. The molecule has 7 heteroatoms. The lowest BCUT2D eigenvalue weighted by molar-refractivity contribution is -0.394. The van der Waals surface area contributed by atoms with Crippen LogP contribution in [0.4, 0.5) is 11.4 Å². The fraction of sp³-hybridized carbons (Fsp3) is 0.538. The molecule has 20 heavy (non-hydrogen) atoms. The topological polar surface area (TPSA) is 98.3 Å². The van der Waals surface area contributed by atoms with Gasteiger partial charge in [-0.15, -0.1) is 0 Å². The van der Waals surface area contributed by atoms with Crippen molar-refractivity contribution in [2.75, 3.05) is 6.54 Å². The van der Waals surface area contributed by atoms with E-state index in [2.05, 4.69) is 19.2 Å². The Morgan fingerprint density at radius 1 is 1.20 bits per heavy atom. The maximum Gasteiger partial charge on any atom is 0.280 e. The van der Waals surface area contributed by atoms with Crippen LogP contribution in [0.25, 0.3) is 0 Å². The van der Waals surface area contributed by atoms with E-state index in [-0.39, 0.29) is 11.4 Å². The van der Waals surface area contributed by atoms with Gasteiger partial charge in [-0.05, 0) is 31.4 Å². The Morgan fingerprint density at radius 2 is 1.90 bits per heavy atom. The minimum absolute atomic E-state index is 0.212. The summed E-state index contributed by atoms with van der Waals surface area (Å²) in [5.74, 6) is 0.630. The quantitative estimate of drug-likeness (QED) is 0.448. The molecule has 0 spiro atoms. The third-order valence-electron chi connectivity index (χ3n) is 2.93. The molecule has 1 N–H and O–H groups in total. The number of rotatable bonds is 8. The van der Waals surface area contributed by atoms with Gasteiger partial charge in [0.25, 0.3) is 11.4 Å². The van der Waals surface area contributed by atoms with Crippen LogP contribution in [0.15, 0.2) is 18.2 Å². The van der Waals surface area contributed by atoms with Gasteiger partial charge in [0.1, 0.15) is 0 Å². The fourth-order valence-corrected chi connectivity index (χ4v) is 1.84. The average molecular weight is 281 g/mol. The standard InChI is InChI=1S/C13H19N3O4/c1-10(2)4-3-7-14-9-11-5-6-12(15(17)18)8-13(11)16(19)20/h5-6,8,10,14H,3-4,7,9H2,1-2H3. The first-order chi connectivity index (χ1) is 9.41. The summed E-state index contributed by atoms with van der Waals surface area (Å²) in [5, 5.41) is 24.7. The van der Waals surface area contributed by atoms with E-state index in [4.69, 9.17) is 0 Å². The summed E-state index contributed by atoms with van der Waals surface area (Å²) in [7, 11) is 0. The number of hydrogen-bond donors (Lipinski definition) is 1. The van der Waals surface area contributed by atoms with Crippen molar-refractivity contribution in [2.24, 2.45) is 5.92 Å². The monoisotopic (exact) mass is 281 g/mol. The van der Waals surface area contributed by atoms with E-state index in [1.54, 1.807) is 0 Å². The van der Waals surface area contributed by atoms with E-state index >= 15 is 0 Å². The maximum atomic E-state index is 10.9. The molecule has 0 atom stereocenters. The summed E-state index contributed by atoms with van der Waals surface area (Å²) in [6, 6.07) is 3.73. The van der Waals surface area contributed by atoms with Crippen molar-refractivity contribution in [3.05, 3.63) is 44.0 Å². The highest BCUT2D eigenvalue weighted by Crippen LogP contribution is 2.24. The van der Waals surface area contributed by atoms with Crippen LogP contribution in [-0.2, 0) is 6.54 Å². The molecule has 0 aliphatic rings. The number of nitrogens with zero attached hydrogens (tertiary/aromatic N) is 2. The van der Waals surface area contributed by atoms with Gasteiger partial charge in [-0.25, -0.2) is 0 Å². The third-order valence-corrected chi connectivity index (χ3v) is 2.93. The van der Waals surface area contributed by atoms with Crippen LogP contribution in [0.1, 0.15) is 32.3 Å². The van der Waals surface area contributed by atoms with Gasteiger partial charge in [0.2, 0.25) is 0 Å². The van der Waals surface area contributed by atoms with Crippen LogP contribution >= 0.6 is 0 Å². The van der Waals surface area contributed by atoms with Crippen molar-refractivity contribution in [1.29, 1.82) is 0 Å². The summed E-state index contributed by atoms with van der Waals surface area (Å²) in [6.45, 7) is 5.39. The Kier molecular flexibility index (Phi) is 6.05. The van der Waals surface area contributed by atoms with Crippen molar-refractivity contribution >= 4 is 11.4 Å². The normalized spacial score (nSPS) is 10.8. The van der Waals surface area contributed by atoms with Gasteiger partial charge in [0, 0.05) is 18.2 Å². The Morgan fingerprint density at radius 3 is 2.45 bits per heavy atom. The van der Waals surface area contributed by atoms with Crippen molar-refractivity contribution in [3.8, 4) is 0 Å². The van der Waals surface area contributed by atoms with E-state index < -0.39 is 9.85 Å². The van der Waals surface area contributed by atoms with Crippen molar-refractivity contribution in [1.82, 2.24) is 5.32 Å². The zero-order valence-electron chi connectivity index (χ0n) is 11.7. The number of nitro groups is 2. The van der Waals surface area contributed by atoms with Crippen molar-refractivity contribution in [3.63, 3.8) is 0 Å². The van der Waals surface area contributed by atoms with Crippen LogP contribution in [0, 0.1) is 26.1 Å². The van der Waals surface area contributed by atoms with Crippen LogP contribution in [-0.4, -0.2) is 16.4 Å². The van der Waals surface area contributed by atoms with Crippen molar-refractivity contribution < 1.29 is 9.85 Å². The first-order valence-electron chi connectivity index (χ1n) is 6.54. The SMILES string of the molecule is CC(C)CCCNCc1ccc([N+](=O)[O-])cc1[N+](=O)[O-]. The summed E-state index contributed by atoms with van der Waals surface area (Å²) >= 11 is 0. The largest absolute Gasteiger partial charge is 0.312 e. The lowest BCUT2D eigenvalue weighted by Crippen LogP contribution is -2.16. The Labute approximate surface area is 117 Å². The zero-order valence-corrected chi connectivity index (χ0v) is 11.7. The molecule has 0 saturated heterocycles. The predicted molar refractivity (Wildman–Crippen MR) is 75.5 cm³/mol. The van der Waals surface area contributed by atoms with E-state index in [0.29, 0.717) is 18.0 Å². The zero-order chi connectivity index (χ0) is 15.1. The van der Waals surface area contributed by atoms with Crippen LogP contribution in [0.3, 0.4) is 0 Å². The van der Waals surface area contributed by atoms with Gasteiger partial charge in [-0.2, -0.15) is 0 Å². The molecular weight excluding hydrogens is 262 g/mol. The second kappa shape index (κ2) is 7.54. The molecule has 1 rings (SSSR count). The van der Waals surface area contributed by atoms with Crippen LogP contribution in [0.5, 0.6) is 0 Å². The first-order valence-corrected chi connectivity index (χ1v) is 6.54. The maximum absolute atomic E-state index is 10.9. The first kappa shape index (κ1) is 16.0. The van der Waals surface area contributed by atoms with E-state index in [0.717, 1.165) is 25.5 Å². The highest BCUT2D eigenvalue weighted by Gasteiger charge is 2.18. The minimum atomic E-state index is -0.632. The second-order valence-corrected chi connectivity index (χ2v) is 5.04. The molecule has 0 saturated carbocycles. The summed E-state index contributed by atoms with van der Waals surface area (Å²) < 4.78 is 0. The number of benzene rings is 1. The highest BCUT2D eigenvalue weighted by atomic mass is 16.6. The highest BCUT2D eigenvalue weighted by molar-refractivity contribution is 5.49. The average Bonchev–Trinajstić information content (AvgIpc) is 2.37. The summed E-state index contributed by atoms with van der Waals surface area (Å²) in [5.41, 5.74) is -0.0130. The molecule has 0 unspecified atom stereocenters. The van der Waals surface area contributed by atoms with Gasteiger partial charge in [0.05, 0.1) is 15.9 Å². The van der Waals surface area contributed by atoms with Gasteiger partial charge >= 0.3 is 0 Å². The molecule has 0 aromatic heterocycles. The molecule has 0 heterocycles. The Bertz CT molecular complexity index is 489. The smallest absolute Gasteiger partial charge is 0.280 e. The van der Waals surface area contributed by atoms with Crippen LogP contribution in [0.2, 0.25) is 0 Å². The number of non-ortho nitro benzene ring substituents is 1. The molecule has 0 aliphatic heterocycles. The lowest BCUT2D eigenvalue weighted by atomic mass is 10.1. The molecule has 1 aromatic carbocycles. The Hall–Kier alpha value is -2.02.